The van der Waals surface area contributed by atoms with E-state index in [9.17, 15) is 0 Å². The van der Waals surface area contributed by atoms with Gasteiger partial charge in [-0.2, -0.15) is 0 Å². The summed E-state index contributed by atoms with van der Waals surface area (Å²) in [5, 5.41) is 0. The number of ether oxygens (including phenoxy) is 1. The van der Waals surface area contributed by atoms with Gasteiger partial charge in [0.1, 0.15) is 5.75 Å². The molecule has 1 aromatic carbocycles. The molecule has 0 aromatic heterocycles. The number of unbranched alkanes of at least 4 members (excludes halogenated alkanes) is 8. The van der Waals surface area contributed by atoms with E-state index in [0.29, 0.717) is 0 Å². The molecule has 0 aliphatic rings. The van der Waals surface area contributed by atoms with Crippen molar-refractivity contribution in [2.45, 2.75) is 71.1 Å². The Labute approximate surface area is 131 Å². The van der Waals surface area contributed by atoms with Crippen molar-refractivity contribution in [2.24, 2.45) is 0 Å². The fraction of sp³-hybridized carbons (Fsp3) is 0.600. The Balaban J connectivity index is 2.19. The van der Waals surface area contributed by atoms with Crippen LogP contribution in [0, 0.1) is 12.3 Å². The van der Waals surface area contributed by atoms with Gasteiger partial charge in [0, 0.05) is 5.56 Å². The van der Waals surface area contributed by atoms with E-state index in [1.807, 2.05) is 12.1 Å². The second-order valence-electron chi connectivity index (χ2n) is 5.75. The molecule has 0 bridgehead atoms. The molecule has 0 unspecified atom stereocenters. The lowest BCUT2D eigenvalue weighted by Gasteiger charge is -2.09. The highest BCUT2D eigenvalue weighted by atomic mass is 16.5. The summed E-state index contributed by atoms with van der Waals surface area (Å²) in [6.45, 7) is 2.27. The first-order valence-corrected chi connectivity index (χ1v) is 8.45. The van der Waals surface area contributed by atoms with Gasteiger partial charge in [-0.3, -0.25) is 0 Å². The van der Waals surface area contributed by atoms with Crippen LogP contribution in [0.5, 0.6) is 5.75 Å². The average Bonchev–Trinajstić information content (AvgIpc) is 2.53. The van der Waals surface area contributed by atoms with Gasteiger partial charge in [0.25, 0.3) is 0 Å². The quantitative estimate of drug-likeness (QED) is 0.372. The minimum atomic E-state index is 0.946. The second kappa shape index (κ2) is 11.3. The normalized spacial score (nSPS) is 10.3. The molecule has 0 aliphatic carbocycles. The van der Waals surface area contributed by atoms with Gasteiger partial charge < -0.3 is 4.74 Å². The molecule has 0 spiro atoms. The standard InChI is InChI=1S/C20H30O/c1-4-6-7-8-9-10-11-12-13-14-19-17-18(5-2)15-16-20(19)21-3/h2,15-17H,4,6-14H2,1,3H3. The Bertz CT molecular complexity index is 428. The van der Waals surface area contributed by atoms with E-state index in [4.69, 9.17) is 11.2 Å². The summed E-state index contributed by atoms with van der Waals surface area (Å²) in [6, 6.07) is 6.01. The van der Waals surface area contributed by atoms with Gasteiger partial charge in [-0.15, -0.1) is 6.42 Å². The van der Waals surface area contributed by atoms with E-state index in [1.165, 1.54) is 63.4 Å². The number of hydrogen-bond acceptors (Lipinski definition) is 1. The van der Waals surface area contributed by atoms with Crippen molar-refractivity contribution >= 4 is 0 Å². The van der Waals surface area contributed by atoms with Crippen molar-refractivity contribution in [3.8, 4) is 18.1 Å². The molecule has 0 fully saturated rings. The van der Waals surface area contributed by atoms with Crippen LogP contribution < -0.4 is 4.74 Å². The maximum absolute atomic E-state index is 5.46. The summed E-state index contributed by atoms with van der Waals surface area (Å²) in [5.41, 5.74) is 2.19. The Morgan fingerprint density at radius 2 is 1.57 bits per heavy atom. The van der Waals surface area contributed by atoms with Crippen LogP contribution in [0.3, 0.4) is 0 Å². The van der Waals surface area contributed by atoms with Gasteiger partial charge in [-0.1, -0.05) is 64.2 Å². The Morgan fingerprint density at radius 1 is 0.952 bits per heavy atom. The van der Waals surface area contributed by atoms with Crippen molar-refractivity contribution in [3.63, 3.8) is 0 Å². The van der Waals surface area contributed by atoms with E-state index >= 15 is 0 Å². The van der Waals surface area contributed by atoms with Gasteiger partial charge in [0.2, 0.25) is 0 Å². The third-order valence-corrected chi connectivity index (χ3v) is 4.00. The molecule has 116 valence electrons. The van der Waals surface area contributed by atoms with Crippen molar-refractivity contribution in [3.05, 3.63) is 29.3 Å². The Kier molecular flexibility index (Phi) is 9.46. The summed E-state index contributed by atoms with van der Waals surface area (Å²) in [4.78, 5) is 0. The maximum atomic E-state index is 5.46. The summed E-state index contributed by atoms with van der Waals surface area (Å²) >= 11 is 0. The lowest BCUT2D eigenvalue weighted by atomic mass is 10.0. The molecule has 0 N–H and O–H groups in total. The van der Waals surface area contributed by atoms with Crippen molar-refractivity contribution in [1.82, 2.24) is 0 Å². The predicted octanol–water partition coefficient (Wildman–Crippen LogP) is 5.75. The minimum absolute atomic E-state index is 0.946. The van der Waals surface area contributed by atoms with Gasteiger partial charge in [0.15, 0.2) is 0 Å². The lowest BCUT2D eigenvalue weighted by Crippen LogP contribution is -1.94. The monoisotopic (exact) mass is 286 g/mol. The first-order valence-electron chi connectivity index (χ1n) is 8.45. The zero-order chi connectivity index (χ0) is 15.3. The van der Waals surface area contributed by atoms with Crippen LogP contribution in [0.2, 0.25) is 0 Å². The highest BCUT2D eigenvalue weighted by Crippen LogP contribution is 2.22. The van der Waals surface area contributed by atoms with Crippen LogP contribution >= 0.6 is 0 Å². The Morgan fingerprint density at radius 3 is 2.14 bits per heavy atom. The summed E-state index contributed by atoms with van der Waals surface area (Å²) in [7, 11) is 1.73. The van der Waals surface area contributed by atoms with E-state index < -0.39 is 0 Å². The molecule has 0 saturated heterocycles. The summed E-state index contributed by atoms with van der Waals surface area (Å²) < 4.78 is 5.41. The third-order valence-electron chi connectivity index (χ3n) is 4.00. The molecule has 1 aromatic rings. The van der Waals surface area contributed by atoms with Crippen molar-refractivity contribution < 1.29 is 4.74 Å². The smallest absolute Gasteiger partial charge is 0.122 e. The number of benzene rings is 1. The third kappa shape index (κ3) is 7.23. The van der Waals surface area contributed by atoms with Crippen LogP contribution in [-0.2, 0) is 6.42 Å². The fourth-order valence-corrected chi connectivity index (χ4v) is 2.69. The minimum Gasteiger partial charge on any atom is -0.496 e. The molecule has 0 radical (unpaired) electrons. The SMILES string of the molecule is C#Cc1ccc(OC)c(CCCCCCCCCCC)c1. The first-order chi connectivity index (χ1) is 10.3. The number of terminal acetylenes is 1. The van der Waals surface area contributed by atoms with E-state index in [0.717, 1.165) is 17.7 Å². The molecule has 0 saturated carbocycles. The van der Waals surface area contributed by atoms with Crippen LogP contribution in [0.4, 0.5) is 0 Å². The molecule has 1 heteroatoms. The topological polar surface area (TPSA) is 9.23 Å². The first kappa shape index (κ1) is 17.6. The van der Waals surface area contributed by atoms with Gasteiger partial charge in [0.05, 0.1) is 7.11 Å². The van der Waals surface area contributed by atoms with Crippen LogP contribution in [0.15, 0.2) is 18.2 Å². The highest BCUT2D eigenvalue weighted by Gasteiger charge is 2.03. The number of aryl methyl sites for hydroxylation is 1. The molecule has 0 aliphatic heterocycles. The summed E-state index contributed by atoms with van der Waals surface area (Å²) in [6.07, 6.45) is 18.7. The highest BCUT2D eigenvalue weighted by molar-refractivity contribution is 5.43. The van der Waals surface area contributed by atoms with Gasteiger partial charge >= 0.3 is 0 Å². The maximum Gasteiger partial charge on any atom is 0.122 e. The van der Waals surface area contributed by atoms with Crippen LogP contribution in [0.1, 0.15) is 75.8 Å². The molecule has 0 atom stereocenters. The fourth-order valence-electron chi connectivity index (χ4n) is 2.69. The average molecular weight is 286 g/mol. The molecule has 1 nitrogen and oxygen atoms in total. The Hall–Kier alpha value is -1.42. The largest absolute Gasteiger partial charge is 0.496 e. The van der Waals surface area contributed by atoms with Crippen molar-refractivity contribution in [2.75, 3.05) is 7.11 Å². The number of rotatable bonds is 11. The zero-order valence-corrected chi connectivity index (χ0v) is 13.8. The zero-order valence-electron chi connectivity index (χ0n) is 13.8. The number of hydrogen-bond donors (Lipinski definition) is 0. The molecular weight excluding hydrogens is 256 g/mol. The predicted molar refractivity (Wildman–Crippen MR) is 91.9 cm³/mol. The van der Waals surface area contributed by atoms with Gasteiger partial charge in [-0.25, -0.2) is 0 Å². The van der Waals surface area contributed by atoms with Gasteiger partial charge in [-0.05, 0) is 36.6 Å². The molecule has 21 heavy (non-hydrogen) atoms. The molecule has 0 amide bonds. The molecule has 1 rings (SSSR count). The van der Waals surface area contributed by atoms with Crippen molar-refractivity contribution in [1.29, 1.82) is 0 Å². The van der Waals surface area contributed by atoms with E-state index in [2.05, 4.69) is 18.9 Å². The van der Waals surface area contributed by atoms with E-state index in [-0.39, 0.29) is 0 Å². The van der Waals surface area contributed by atoms with Crippen LogP contribution in [-0.4, -0.2) is 7.11 Å². The second-order valence-corrected chi connectivity index (χ2v) is 5.75. The van der Waals surface area contributed by atoms with E-state index in [1.54, 1.807) is 7.11 Å². The number of methoxy groups -OCH3 is 1. The molecule has 0 heterocycles. The summed E-state index contributed by atoms with van der Waals surface area (Å²) in [5.74, 6) is 3.66. The lowest BCUT2D eigenvalue weighted by molar-refractivity contribution is 0.408. The van der Waals surface area contributed by atoms with Crippen LogP contribution in [0.25, 0.3) is 0 Å². The molecular formula is C20H30O.